The molecule has 1 unspecified atom stereocenters. The van der Waals surface area contributed by atoms with Crippen molar-refractivity contribution in [2.24, 2.45) is 0 Å². The predicted molar refractivity (Wildman–Crippen MR) is 100 cm³/mol. The zero-order chi connectivity index (χ0) is 19.1. The second kappa shape index (κ2) is 9.18. The van der Waals surface area contributed by atoms with E-state index in [1.807, 2.05) is 42.5 Å². The molecule has 1 fully saturated rings. The molecule has 0 radical (unpaired) electrons. The molecule has 1 aliphatic rings. The van der Waals surface area contributed by atoms with Crippen molar-refractivity contribution in [3.05, 3.63) is 66.0 Å². The molecule has 0 saturated carbocycles. The van der Waals surface area contributed by atoms with Gasteiger partial charge in [0.05, 0.1) is 5.75 Å². The SMILES string of the molecule is O=C(CN1C(=O)CSC1c1ccncc1)NCC(=O)OCc1ccccc1. The fourth-order valence-electron chi connectivity index (χ4n) is 2.60. The predicted octanol–water partition coefficient (Wildman–Crippen LogP) is 1.52. The fraction of sp³-hybridized carbons (Fsp3) is 0.263. The van der Waals surface area contributed by atoms with Gasteiger partial charge < -0.3 is 15.0 Å². The van der Waals surface area contributed by atoms with Crippen LogP contribution in [0.5, 0.6) is 0 Å². The largest absolute Gasteiger partial charge is 0.460 e. The number of benzene rings is 1. The molecule has 1 aromatic heterocycles. The van der Waals surface area contributed by atoms with Crippen molar-refractivity contribution in [3.63, 3.8) is 0 Å². The number of carbonyl (C=O) groups excluding carboxylic acids is 3. The first-order chi connectivity index (χ1) is 13.1. The first kappa shape index (κ1) is 18.9. The summed E-state index contributed by atoms with van der Waals surface area (Å²) in [5.74, 6) is -0.718. The van der Waals surface area contributed by atoms with Gasteiger partial charge >= 0.3 is 5.97 Å². The van der Waals surface area contributed by atoms with Crippen molar-refractivity contribution in [2.45, 2.75) is 12.0 Å². The number of nitrogens with zero attached hydrogens (tertiary/aromatic N) is 2. The van der Waals surface area contributed by atoms with Crippen LogP contribution >= 0.6 is 11.8 Å². The maximum atomic E-state index is 12.2. The number of rotatable bonds is 7. The summed E-state index contributed by atoms with van der Waals surface area (Å²) in [5.41, 5.74) is 1.79. The molecule has 0 bridgehead atoms. The van der Waals surface area contributed by atoms with E-state index in [9.17, 15) is 14.4 Å². The van der Waals surface area contributed by atoms with Gasteiger partial charge in [-0.3, -0.25) is 19.4 Å². The lowest BCUT2D eigenvalue weighted by molar-refractivity contribution is -0.145. The molecule has 27 heavy (non-hydrogen) atoms. The highest BCUT2D eigenvalue weighted by molar-refractivity contribution is 8.00. The number of amides is 2. The molecule has 140 valence electrons. The van der Waals surface area contributed by atoms with E-state index in [1.54, 1.807) is 12.4 Å². The summed E-state index contributed by atoms with van der Waals surface area (Å²) in [5, 5.41) is 2.28. The van der Waals surface area contributed by atoms with E-state index in [2.05, 4.69) is 10.3 Å². The fourth-order valence-corrected chi connectivity index (χ4v) is 3.79. The Morgan fingerprint density at radius 2 is 1.93 bits per heavy atom. The molecule has 1 N–H and O–H groups in total. The Labute approximate surface area is 161 Å². The average molecular weight is 385 g/mol. The van der Waals surface area contributed by atoms with E-state index < -0.39 is 11.9 Å². The number of hydrogen-bond acceptors (Lipinski definition) is 6. The average Bonchev–Trinajstić information content (AvgIpc) is 3.06. The second-order valence-electron chi connectivity index (χ2n) is 5.89. The molecule has 3 rings (SSSR count). The van der Waals surface area contributed by atoms with E-state index in [0.717, 1.165) is 11.1 Å². The van der Waals surface area contributed by atoms with Crippen molar-refractivity contribution >= 4 is 29.5 Å². The quantitative estimate of drug-likeness (QED) is 0.727. The molecule has 2 aromatic rings. The molecule has 8 heteroatoms. The molecule has 1 atom stereocenters. The standard InChI is InChI=1S/C19H19N3O4S/c23-16(21-10-18(25)26-12-14-4-2-1-3-5-14)11-22-17(24)13-27-19(22)15-6-8-20-9-7-15/h1-9,19H,10-13H2,(H,21,23). The van der Waals surface area contributed by atoms with Gasteiger partial charge in [-0.05, 0) is 23.3 Å². The molecule has 1 saturated heterocycles. The smallest absolute Gasteiger partial charge is 0.325 e. The van der Waals surface area contributed by atoms with Crippen LogP contribution in [0.1, 0.15) is 16.5 Å². The highest BCUT2D eigenvalue weighted by atomic mass is 32.2. The van der Waals surface area contributed by atoms with Crippen LogP contribution in [0.3, 0.4) is 0 Å². The number of ether oxygens (including phenoxy) is 1. The first-order valence-electron chi connectivity index (χ1n) is 8.41. The van der Waals surface area contributed by atoms with Crippen LogP contribution < -0.4 is 5.32 Å². The van der Waals surface area contributed by atoms with Gasteiger partial charge in [-0.2, -0.15) is 0 Å². The van der Waals surface area contributed by atoms with Gasteiger partial charge in [0.2, 0.25) is 11.8 Å². The number of carbonyl (C=O) groups is 3. The Bertz CT molecular complexity index is 801. The van der Waals surface area contributed by atoms with Crippen molar-refractivity contribution in [1.82, 2.24) is 15.2 Å². The molecule has 2 amide bonds. The molecule has 1 aliphatic heterocycles. The van der Waals surface area contributed by atoms with Crippen LogP contribution in [0, 0.1) is 0 Å². The molecular weight excluding hydrogens is 366 g/mol. The van der Waals surface area contributed by atoms with E-state index in [-0.39, 0.29) is 31.0 Å². The third-order valence-corrected chi connectivity index (χ3v) is 5.20. The Kier molecular flexibility index (Phi) is 6.43. The van der Waals surface area contributed by atoms with Crippen molar-refractivity contribution in [3.8, 4) is 0 Å². The van der Waals surface area contributed by atoms with Gasteiger partial charge in [-0.15, -0.1) is 11.8 Å². The molecule has 0 spiro atoms. The third kappa shape index (κ3) is 5.30. The zero-order valence-corrected chi connectivity index (χ0v) is 15.4. The maximum Gasteiger partial charge on any atom is 0.325 e. The maximum absolute atomic E-state index is 12.2. The Morgan fingerprint density at radius 3 is 2.67 bits per heavy atom. The van der Waals surface area contributed by atoms with Gasteiger partial charge in [0.1, 0.15) is 25.1 Å². The van der Waals surface area contributed by atoms with Gasteiger partial charge in [0.25, 0.3) is 0 Å². The third-order valence-electron chi connectivity index (χ3n) is 3.95. The number of aromatic nitrogens is 1. The Balaban J connectivity index is 1.46. The lowest BCUT2D eigenvalue weighted by Gasteiger charge is -2.23. The van der Waals surface area contributed by atoms with E-state index >= 15 is 0 Å². The van der Waals surface area contributed by atoms with Gasteiger partial charge in [0.15, 0.2) is 0 Å². The highest BCUT2D eigenvalue weighted by Crippen LogP contribution is 2.37. The van der Waals surface area contributed by atoms with Gasteiger partial charge in [-0.25, -0.2) is 0 Å². The Hall–Kier alpha value is -2.87. The Morgan fingerprint density at radius 1 is 1.19 bits per heavy atom. The summed E-state index contributed by atoms with van der Waals surface area (Å²) < 4.78 is 5.11. The van der Waals surface area contributed by atoms with Crippen LogP contribution in [0.25, 0.3) is 0 Å². The number of pyridine rings is 1. The number of hydrogen-bond donors (Lipinski definition) is 1. The minimum absolute atomic E-state index is 0.106. The summed E-state index contributed by atoms with van der Waals surface area (Å²) in [6.07, 6.45) is 3.30. The first-order valence-corrected chi connectivity index (χ1v) is 9.45. The minimum Gasteiger partial charge on any atom is -0.460 e. The van der Waals surface area contributed by atoms with Crippen LogP contribution in [0.2, 0.25) is 0 Å². The second-order valence-corrected chi connectivity index (χ2v) is 6.96. The lowest BCUT2D eigenvalue weighted by Crippen LogP contribution is -2.41. The number of thioether (sulfide) groups is 1. The molecule has 7 nitrogen and oxygen atoms in total. The van der Waals surface area contributed by atoms with E-state index in [1.165, 1.54) is 16.7 Å². The van der Waals surface area contributed by atoms with E-state index in [4.69, 9.17) is 4.74 Å². The van der Waals surface area contributed by atoms with Crippen LogP contribution in [-0.4, -0.2) is 46.5 Å². The van der Waals surface area contributed by atoms with Gasteiger partial charge in [-0.1, -0.05) is 30.3 Å². The summed E-state index contributed by atoms with van der Waals surface area (Å²) in [7, 11) is 0. The topological polar surface area (TPSA) is 88.6 Å². The van der Waals surface area contributed by atoms with E-state index in [0.29, 0.717) is 5.75 Å². The molecule has 2 heterocycles. The summed E-state index contributed by atoms with van der Waals surface area (Å²) >= 11 is 1.46. The molecule has 1 aromatic carbocycles. The minimum atomic E-state index is -0.528. The highest BCUT2D eigenvalue weighted by Gasteiger charge is 2.34. The monoisotopic (exact) mass is 385 g/mol. The van der Waals surface area contributed by atoms with Gasteiger partial charge in [0, 0.05) is 12.4 Å². The number of esters is 1. The summed E-state index contributed by atoms with van der Waals surface area (Å²) in [6.45, 7) is -0.188. The molecular formula is C19H19N3O4S. The van der Waals surface area contributed by atoms with Crippen molar-refractivity contribution in [1.29, 1.82) is 0 Å². The van der Waals surface area contributed by atoms with Crippen LogP contribution in [0.4, 0.5) is 0 Å². The summed E-state index contributed by atoms with van der Waals surface area (Å²) in [6, 6.07) is 12.9. The van der Waals surface area contributed by atoms with Crippen molar-refractivity contribution in [2.75, 3.05) is 18.8 Å². The lowest BCUT2D eigenvalue weighted by atomic mass is 10.2. The zero-order valence-electron chi connectivity index (χ0n) is 14.5. The van der Waals surface area contributed by atoms with Crippen LogP contribution in [0.15, 0.2) is 54.9 Å². The van der Waals surface area contributed by atoms with Crippen molar-refractivity contribution < 1.29 is 19.1 Å². The summed E-state index contributed by atoms with van der Waals surface area (Å²) in [4.78, 5) is 41.5. The molecule has 0 aliphatic carbocycles. The van der Waals surface area contributed by atoms with Crippen LogP contribution in [-0.2, 0) is 25.7 Å². The normalized spacial score (nSPS) is 16.2. The number of nitrogens with one attached hydrogen (secondary N) is 1.